The van der Waals surface area contributed by atoms with E-state index < -0.39 is 11.8 Å². The lowest BCUT2D eigenvalue weighted by molar-refractivity contribution is -0.122. The smallest absolute Gasteiger partial charge is 0.270 e. The van der Waals surface area contributed by atoms with Crippen molar-refractivity contribution in [1.29, 1.82) is 0 Å². The van der Waals surface area contributed by atoms with Crippen molar-refractivity contribution >= 4 is 64.1 Å². The normalized spacial score (nSPS) is 15.5. The van der Waals surface area contributed by atoms with Gasteiger partial charge in [0.15, 0.2) is 5.11 Å². The minimum Gasteiger partial charge on any atom is -0.318 e. The predicted octanol–water partition coefficient (Wildman–Crippen LogP) is 5.54. The molecule has 2 heterocycles. The van der Waals surface area contributed by atoms with Gasteiger partial charge in [0.25, 0.3) is 11.8 Å². The summed E-state index contributed by atoms with van der Waals surface area (Å²) in [6.07, 6.45) is 1.59. The molecule has 0 spiro atoms. The molecule has 0 aliphatic carbocycles. The van der Waals surface area contributed by atoms with Gasteiger partial charge in [-0.2, -0.15) is 0 Å². The topological polar surface area (TPSA) is 54.3 Å². The molecule has 3 aromatic rings. The first-order chi connectivity index (χ1) is 15.2. The Balaban J connectivity index is 1.81. The number of hydrogen-bond acceptors (Lipinski definition) is 3. The van der Waals surface area contributed by atoms with E-state index in [2.05, 4.69) is 9.88 Å². The number of hydrogen-bond donors (Lipinski definition) is 1. The fraction of sp³-hybridized carbons (Fsp3) is 0.125. The maximum absolute atomic E-state index is 13.3. The third-order valence-corrected chi connectivity index (χ3v) is 6.49. The van der Waals surface area contributed by atoms with Gasteiger partial charge in [-0.05, 0) is 74.5 Å². The van der Waals surface area contributed by atoms with Crippen LogP contribution in [0.5, 0.6) is 0 Å². The van der Waals surface area contributed by atoms with Gasteiger partial charge in [-0.25, -0.2) is 0 Å². The van der Waals surface area contributed by atoms with Crippen molar-refractivity contribution < 1.29 is 9.59 Å². The molecule has 1 fully saturated rings. The Kier molecular flexibility index (Phi) is 5.95. The van der Waals surface area contributed by atoms with Crippen molar-refractivity contribution in [2.45, 2.75) is 20.8 Å². The van der Waals surface area contributed by atoms with Crippen LogP contribution in [0.1, 0.15) is 22.5 Å². The van der Waals surface area contributed by atoms with Crippen LogP contribution in [0.3, 0.4) is 0 Å². The van der Waals surface area contributed by atoms with Gasteiger partial charge in [0.1, 0.15) is 5.57 Å². The Morgan fingerprint density at radius 2 is 1.66 bits per heavy atom. The molecule has 32 heavy (non-hydrogen) atoms. The van der Waals surface area contributed by atoms with E-state index in [1.165, 1.54) is 4.90 Å². The second kappa shape index (κ2) is 8.54. The fourth-order valence-electron chi connectivity index (χ4n) is 3.82. The highest BCUT2D eigenvalue weighted by molar-refractivity contribution is 7.80. The summed E-state index contributed by atoms with van der Waals surface area (Å²) in [6, 6.07) is 14.9. The highest BCUT2D eigenvalue weighted by atomic mass is 35.5. The van der Waals surface area contributed by atoms with E-state index in [4.69, 9.17) is 35.4 Å². The molecule has 1 aliphatic rings. The zero-order chi connectivity index (χ0) is 23.2. The molecule has 0 atom stereocenters. The maximum Gasteiger partial charge on any atom is 0.270 e. The Morgan fingerprint density at radius 3 is 2.38 bits per heavy atom. The van der Waals surface area contributed by atoms with E-state index in [9.17, 15) is 9.59 Å². The monoisotopic (exact) mass is 483 g/mol. The summed E-state index contributed by atoms with van der Waals surface area (Å²) in [5.41, 5.74) is 5.08. The minimum absolute atomic E-state index is 0.0420. The molecule has 162 valence electrons. The quantitative estimate of drug-likeness (QED) is 0.302. The van der Waals surface area contributed by atoms with E-state index in [0.29, 0.717) is 5.69 Å². The fourth-order valence-corrected chi connectivity index (χ4v) is 4.47. The first-order valence-electron chi connectivity index (χ1n) is 9.81. The SMILES string of the molecule is Cc1ccccc1-n1c(C)cc(/C=C2\C(=O)NC(=S)N(c3cccc(Cl)c3Cl)C2=O)c1C. The molecule has 2 amide bonds. The predicted molar refractivity (Wildman–Crippen MR) is 133 cm³/mol. The van der Waals surface area contributed by atoms with E-state index in [-0.39, 0.29) is 20.7 Å². The van der Waals surface area contributed by atoms with E-state index in [1.54, 1.807) is 24.3 Å². The van der Waals surface area contributed by atoms with Gasteiger partial charge in [-0.1, -0.05) is 47.5 Å². The molecule has 1 N–H and O–H groups in total. The molecule has 0 saturated carbocycles. The van der Waals surface area contributed by atoms with Gasteiger partial charge >= 0.3 is 0 Å². The number of rotatable bonds is 3. The van der Waals surface area contributed by atoms with E-state index in [1.807, 2.05) is 51.1 Å². The van der Waals surface area contributed by atoms with E-state index in [0.717, 1.165) is 28.2 Å². The average Bonchev–Trinajstić information content (AvgIpc) is 3.01. The van der Waals surface area contributed by atoms with Crippen LogP contribution in [0.2, 0.25) is 10.0 Å². The number of aryl methyl sites for hydroxylation is 2. The van der Waals surface area contributed by atoms with Crippen LogP contribution in [0, 0.1) is 20.8 Å². The van der Waals surface area contributed by atoms with Crippen molar-refractivity contribution in [3.8, 4) is 5.69 Å². The summed E-state index contributed by atoms with van der Waals surface area (Å²) >= 11 is 17.7. The summed E-state index contributed by atoms with van der Waals surface area (Å²) in [7, 11) is 0. The van der Waals surface area contributed by atoms with Gasteiger partial charge in [0.2, 0.25) is 0 Å². The Bertz CT molecular complexity index is 1330. The highest BCUT2D eigenvalue weighted by Gasteiger charge is 2.36. The van der Waals surface area contributed by atoms with Gasteiger partial charge in [-0.15, -0.1) is 0 Å². The lowest BCUT2D eigenvalue weighted by atomic mass is 10.1. The van der Waals surface area contributed by atoms with Crippen molar-refractivity contribution in [2.24, 2.45) is 0 Å². The number of benzene rings is 2. The van der Waals surface area contributed by atoms with Crippen molar-refractivity contribution in [1.82, 2.24) is 9.88 Å². The molecule has 0 radical (unpaired) electrons. The zero-order valence-electron chi connectivity index (χ0n) is 17.6. The van der Waals surface area contributed by atoms with Crippen LogP contribution >= 0.6 is 35.4 Å². The molecule has 1 aromatic heterocycles. The van der Waals surface area contributed by atoms with Gasteiger partial charge in [0.05, 0.1) is 15.7 Å². The van der Waals surface area contributed by atoms with Crippen LogP contribution in [0.25, 0.3) is 11.8 Å². The molecular formula is C24H19Cl2N3O2S. The number of amides is 2. The molecule has 4 rings (SSSR count). The highest BCUT2D eigenvalue weighted by Crippen LogP contribution is 2.34. The second-order valence-corrected chi connectivity index (χ2v) is 8.65. The second-order valence-electron chi connectivity index (χ2n) is 7.48. The minimum atomic E-state index is -0.566. The molecular weight excluding hydrogens is 465 g/mol. The molecule has 1 saturated heterocycles. The number of halogens is 2. The molecule has 8 heteroatoms. The van der Waals surface area contributed by atoms with Crippen molar-refractivity contribution in [2.75, 3.05) is 4.90 Å². The van der Waals surface area contributed by atoms with Crippen LogP contribution in [-0.2, 0) is 9.59 Å². The number of aromatic nitrogens is 1. The molecule has 1 aliphatic heterocycles. The summed E-state index contributed by atoms with van der Waals surface area (Å²) in [6.45, 7) is 5.97. The molecule has 5 nitrogen and oxygen atoms in total. The number of thiocarbonyl (C=S) groups is 1. The number of nitrogens with one attached hydrogen (secondary N) is 1. The van der Waals surface area contributed by atoms with Crippen LogP contribution in [-0.4, -0.2) is 21.5 Å². The Morgan fingerprint density at radius 1 is 0.969 bits per heavy atom. The van der Waals surface area contributed by atoms with Crippen LogP contribution in [0.4, 0.5) is 5.69 Å². The van der Waals surface area contributed by atoms with E-state index >= 15 is 0 Å². The Hall–Kier alpha value is -2.93. The number of carbonyl (C=O) groups is 2. The third kappa shape index (κ3) is 3.75. The summed E-state index contributed by atoms with van der Waals surface area (Å²) in [4.78, 5) is 27.2. The average molecular weight is 484 g/mol. The summed E-state index contributed by atoms with van der Waals surface area (Å²) in [5.74, 6) is -1.13. The summed E-state index contributed by atoms with van der Waals surface area (Å²) in [5, 5.41) is 2.99. The number of carbonyl (C=O) groups excluding carboxylic acids is 2. The van der Waals surface area contributed by atoms with Gasteiger partial charge in [-0.3, -0.25) is 19.8 Å². The number of anilines is 1. The number of para-hydroxylation sites is 1. The largest absolute Gasteiger partial charge is 0.318 e. The van der Waals surface area contributed by atoms with Crippen LogP contribution in [0.15, 0.2) is 54.1 Å². The molecule has 2 aromatic carbocycles. The molecule has 0 bridgehead atoms. The third-order valence-electron chi connectivity index (χ3n) is 5.40. The summed E-state index contributed by atoms with van der Waals surface area (Å²) < 4.78 is 2.10. The van der Waals surface area contributed by atoms with Gasteiger partial charge in [0, 0.05) is 17.1 Å². The van der Waals surface area contributed by atoms with Crippen LogP contribution < -0.4 is 10.2 Å². The van der Waals surface area contributed by atoms with Crippen molar-refractivity contribution in [3.05, 3.63) is 86.7 Å². The van der Waals surface area contributed by atoms with Gasteiger partial charge < -0.3 is 4.57 Å². The first kappa shape index (κ1) is 22.3. The van der Waals surface area contributed by atoms with Crippen molar-refractivity contribution in [3.63, 3.8) is 0 Å². The standard InChI is InChI=1S/C24H19Cl2N3O2S/c1-13-7-4-5-9-19(13)28-14(2)11-16(15(28)3)12-17-22(30)27-24(32)29(23(17)31)20-10-6-8-18(25)21(20)26/h4-12H,1-3H3,(H,27,30,32)/b17-12+. The zero-order valence-corrected chi connectivity index (χ0v) is 19.9. The lowest BCUT2D eigenvalue weighted by Crippen LogP contribution is -2.54. The number of nitrogens with zero attached hydrogens (tertiary/aromatic N) is 2. The maximum atomic E-state index is 13.3. The first-order valence-corrected chi connectivity index (χ1v) is 11.0. The Labute approximate surface area is 201 Å². The lowest BCUT2D eigenvalue weighted by Gasteiger charge is -2.29. The molecule has 0 unspecified atom stereocenters.